The quantitative estimate of drug-likeness (QED) is 0.746. The summed E-state index contributed by atoms with van der Waals surface area (Å²) < 4.78 is 10.4. The first-order chi connectivity index (χ1) is 7.61. The lowest BCUT2D eigenvalue weighted by atomic mass is 10.2. The van der Waals surface area contributed by atoms with Gasteiger partial charge in [0.25, 0.3) is 0 Å². The van der Waals surface area contributed by atoms with Crippen LogP contribution in [0.4, 0.5) is 0 Å². The van der Waals surface area contributed by atoms with Gasteiger partial charge in [-0.3, -0.25) is 0 Å². The number of nitrogens with zero attached hydrogens (tertiary/aromatic N) is 1. The number of esters is 1. The third kappa shape index (κ3) is 2.10. The molecule has 16 heavy (non-hydrogen) atoms. The Kier molecular flexibility index (Phi) is 3.25. The maximum atomic E-state index is 11.4. The van der Waals surface area contributed by atoms with Crippen LogP contribution < -0.4 is 0 Å². The molecule has 0 saturated carbocycles. The van der Waals surface area contributed by atoms with Gasteiger partial charge in [0.15, 0.2) is 5.69 Å². The molecule has 1 fully saturated rings. The van der Waals surface area contributed by atoms with Gasteiger partial charge in [0, 0.05) is 4.88 Å². The molecule has 2 rings (SSSR count). The molecule has 1 aliphatic rings. The third-order valence-electron chi connectivity index (χ3n) is 2.70. The standard InChI is InChI=1S/C11H15NO3S/c1-6-4-5-8(15-6)10-12-9(7(2)16-10)11(13)14-3/h6,8H,4-5H2,1-3H3. The summed E-state index contributed by atoms with van der Waals surface area (Å²) in [7, 11) is 1.37. The summed E-state index contributed by atoms with van der Waals surface area (Å²) in [6, 6.07) is 0. The normalized spacial score (nSPS) is 24.7. The number of ether oxygens (including phenoxy) is 2. The fourth-order valence-electron chi connectivity index (χ4n) is 1.82. The molecule has 2 unspecified atom stereocenters. The molecule has 0 bridgehead atoms. The number of rotatable bonds is 2. The Balaban J connectivity index is 2.20. The van der Waals surface area contributed by atoms with Crippen molar-refractivity contribution in [1.82, 2.24) is 4.98 Å². The van der Waals surface area contributed by atoms with Crippen LogP contribution in [0.15, 0.2) is 0 Å². The molecule has 0 amide bonds. The first kappa shape index (κ1) is 11.5. The van der Waals surface area contributed by atoms with E-state index in [0.29, 0.717) is 5.69 Å². The number of aromatic nitrogens is 1. The predicted molar refractivity (Wildman–Crippen MR) is 60.7 cm³/mol. The molecule has 5 heteroatoms. The van der Waals surface area contributed by atoms with Crippen LogP contribution in [-0.4, -0.2) is 24.2 Å². The van der Waals surface area contributed by atoms with Gasteiger partial charge in [-0.25, -0.2) is 9.78 Å². The Morgan fingerprint density at radius 1 is 1.56 bits per heavy atom. The van der Waals surface area contributed by atoms with Crippen LogP contribution in [0.2, 0.25) is 0 Å². The van der Waals surface area contributed by atoms with Crippen LogP contribution in [0.1, 0.15) is 46.2 Å². The molecule has 2 heterocycles. The van der Waals surface area contributed by atoms with Crippen molar-refractivity contribution in [1.29, 1.82) is 0 Å². The summed E-state index contributed by atoms with van der Waals surface area (Å²) in [5, 5.41) is 0.891. The Hall–Kier alpha value is -0.940. The van der Waals surface area contributed by atoms with Crippen LogP contribution in [0.5, 0.6) is 0 Å². The maximum Gasteiger partial charge on any atom is 0.357 e. The molecule has 1 saturated heterocycles. The lowest BCUT2D eigenvalue weighted by Crippen LogP contribution is -2.05. The minimum atomic E-state index is -0.369. The lowest BCUT2D eigenvalue weighted by Gasteiger charge is -2.06. The molecule has 1 aliphatic heterocycles. The van der Waals surface area contributed by atoms with E-state index in [1.807, 2.05) is 6.92 Å². The Bertz CT molecular complexity index is 402. The first-order valence-electron chi connectivity index (χ1n) is 5.33. The summed E-state index contributed by atoms with van der Waals surface area (Å²) in [5.41, 5.74) is 0.422. The summed E-state index contributed by atoms with van der Waals surface area (Å²) in [6.07, 6.45) is 2.37. The summed E-state index contributed by atoms with van der Waals surface area (Å²) >= 11 is 1.52. The molecule has 0 spiro atoms. The second kappa shape index (κ2) is 4.51. The van der Waals surface area contributed by atoms with E-state index >= 15 is 0 Å². The van der Waals surface area contributed by atoms with Gasteiger partial charge in [0.05, 0.1) is 13.2 Å². The Labute approximate surface area is 98.6 Å². The van der Waals surface area contributed by atoms with Crippen molar-refractivity contribution < 1.29 is 14.3 Å². The van der Waals surface area contributed by atoms with Gasteiger partial charge >= 0.3 is 5.97 Å². The minimum Gasteiger partial charge on any atom is -0.464 e. The monoisotopic (exact) mass is 241 g/mol. The van der Waals surface area contributed by atoms with Crippen molar-refractivity contribution in [3.63, 3.8) is 0 Å². The van der Waals surface area contributed by atoms with E-state index < -0.39 is 0 Å². The Morgan fingerprint density at radius 3 is 2.88 bits per heavy atom. The summed E-state index contributed by atoms with van der Waals surface area (Å²) in [5.74, 6) is -0.369. The van der Waals surface area contributed by atoms with Crippen molar-refractivity contribution in [2.75, 3.05) is 7.11 Å². The first-order valence-corrected chi connectivity index (χ1v) is 6.14. The number of hydrogen-bond acceptors (Lipinski definition) is 5. The molecule has 0 aliphatic carbocycles. The van der Waals surface area contributed by atoms with E-state index in [1.54, 1.807) is 0 Å². The minimum absolute atomic E-state index is 0.0529. The van der Waals surface area contributed by atoms with E-state index in [9.17, 15) is 4.79 Å². The van der Waals surface area contributed by atoms with Crippen LogP contribution in [0.3, 0.4) is 0 Å². The fraction of sp³-hybridized carbons (Fsp3) is 0.636. The highest BCUT2D eigenvalue weighted by molar-refractivity contribution is 7.11. The van der Waals surface area contributed by atoms with Crippen molar-refractivity contribution >= 4 is 17.3 Å². The van der Waals surface area contributed by atoms with Gasteiger partial charge in [-0.15, -0.1) is 11.3 Å². The van der Waals surface area contributed by atoms with Gasteiger partial charge < -0.3 is 9.47 Å². The number of hydrogen-bond donors (Lipinski definition) is 0. The fourth-order valence-corrected chi connectivity index (χ4v) is 2.81. The van der Waals surface area contributed by atoms with Gasteiger partial charge in [-0.05, 0) is 26.7 Å². The van der Waals surface area contributed by atoms with E-state index in [1.165, 1.54) is 18.4 Å². The van der Waals surface area contributed by atoms with E-state index in [0.717, 1.165) is 22.7 Å². The molecule has 0 N–H and O–H groups in total. The molecule has 1 aromatic heterocycles. The van der Waals surface area contributed by atoms with Crippen LogP contribution in [-0.2, 0) is 9.47 Å². The SMILES string of the molecule is COC(=O)c1nc(C2CCC(C)O2)sc1C. The Morgan fingerprint density at radius 2 is 2.31 bits per heavy atom. The molecule has 1 aromatic rings. The number of methoxy groups -OCH3 is 1. The topological polar surface area (TPSA) is 48.4 Å². The van der Waals surface area contributed by atoms with E-state index in [2.05, 4.69) is 16.6 Å². The van der Waals surface area contributed by atoms with Crippen LogP contribution in [0, 0.1) is 6.92 Å². The summed E-state index contributed by atoms with van der Waals surface area (Å²) in [6.45, 7) is 3.94. The number of carbonyl (C=O) groups excluding carboxylic acids is 1. The van der Waals surface area contributed by atoms with Crippen LogP contribution in [0.25, 0.3) is 0 Å². The zero-order valence-electron chi connectivity index (χ0n) is 9.65. The van der Waals surface area contributed by atoms with Crippen molar-refractivity contribution in [2.24, 2.45) is 0 Å². The summed E-state index contributed by atoms with van der Waals surface area (Å²) in [4.78, 5) is 16.6. The average Bonchev–Trinajstić information content (AvgIpc) is 2.83. The van der Waals surface area contributed by atoms with Crippen molar-refractivity contribution in [3.05, 3.63) is 15.6 Å². The highest BCUT2D eigenvalue weighted by Gasteiger charge is 2.28. The van der Waals surface area contributed by atoms with Gasteiger partial charge in [-0.1, -0.05) is 0 Å². The third-order valence-corrected chi connectivity index (χ3v) is 3.76. The second-order valence-corrected chi connectivity index (χ2v) is 5.20. The molecule has 0 aromatic carbocycles. The largest absolute Gasteiger partial charge is 0.464 e. The molecular weight excluding hydrogens is 226 g/mol. The second-order valence-electron chi connectivity index (χ2n) is 3.96. The lowest BCUT2D eigenvalue weighted by molar-refractivity contribution is 0.0543. The highest BCUT2D eigenvalue weighted by atomic mass is 32.1. The van der Waals surface area contributed by atoms with Crippen molar-refractivity contribution in [3.8, 4) is 0 Å². The average molecular weight is 241 g/mol. The molecule has 0 radical (unpaired) electrons. The zero-order valence-corrected chi connectivity index (χ0v) is 10.5. The number of thiazole rings is 1. The zero-order chi connectivity index (χ0) is 11.7. The van der Waals surface area contributed by atoms with E-state index in [4.69, 9.17) is 4.74 Å². The number of carbonyl (C=O) groups is 1. The van der Waals surface area contributed by atoms with Gasteiger partial charge in [0.2, 0.25) is 0 Å². The predicted octanol–water partition coefficient (Wildman–Crippen LogP) is 2.48. The molecular formula is C11H15NO3S. The molecule has 88 valence electrons. The van der Waals surface area contributed by atoms with Crippen LogP contribution >= 0.6 is 11.3 Å². The van der Waals surface area contributed by atoms with Crippen molar-refractivity contribution in [2.45, 2.75) is 38.9 Å². The number of aryl methyl sites for hydroxylation is 1. The maximum absolute atomic E-state index is 11.4. The van der Waals surface area contributed by atoms with E-state index in [-0.39, 0.29) is 18.2 Å². The highest BCUT2D eigenvalue weighted by Crippen LogP contribution is 2.35. The smallest absolute Gasteiger partial charge is 0.357 e. The molecule has 4 nitrogen and oxygen atoms in total. The molecule has 2 atom stereocenters. The van der Waals surface area contributed by atoms with Gasteiger partial charge in [-0.2, -0.15) is 0 Å². The van der Waals surface area contributed by atoms with Gasteiger partial charge in [0.1, 0.15) is 11.1 Å².